The Kier molecular flexibility index (Phi) is 2.36. The van der Waals surface area contributed by atoms with Gasteiger partial charge in [0.05, 0.1) is 12.6 Å². The number of nitrogens with two attached hydrogens (primary N) is 1. The highest BCUT2D eigenvalue weighted by atomic mass is 16.1. The molecule has 0 atom stereocenters. The number of nitrogens with one attached hydrogen (secondary N) is 1. The third kappa shape index (κ3) is 2.13. The summed E-state index contributed by atoms with van der Waals surface area (Å²) in [5.74, 6) is 0.361. The maximum atomic E-state index is 10.6. The topological polar surface area (TPSA) is 110 Å². The van der Waals surface area contributed by atoms with Gasteiger partial charge in [-0.2, -0.15) is 5.10 Å². The second kappa shape index (κ2) is 3.82. The van der Waals surface area contributed by atoms with Crippen LogP contribution in [0.25, 0.3) is 11.5 Å². The molecule has 15 heavy (non-hydrogen) atoms. The number of aromatic nitrogens is 5. The van der Waals surface area contributed by atoms with Crippen molar-refractivity contribution in [1.82, 2.24) is 25.1 Å². The lowest BCUT2D eigenvalue weighted by molar-refractivity contribution is -0.117. The van der Waals surface area contributed by atoms with E-state index in [0.717, 1.165) is 0 Å². The third-order valence-electron chi connectivity index (χ3n) is 1.67. The van der Waals surface area contributed by atoms with Crippen molar-refractivity contribution in [1.29, 1.82) is 0 Å². The summed E-state index contributed by atoms with van der Waals surface area (Å²) in [5.41, 5.74) is 5.56. The molecule has 2 heterocycles. The minimum Gasteiger partial charge on any atom is -0.369 e. The first-order valence-corrected chi connectivity index (χ1v) is 4.21. The van der Waals surface area contributed by atoms with Crippen molar-refractivity contribution >= 4 is 5.91 Å². The Hall–Kier alpha value is -2.31. The van der Waals surface area contributed by atoms with Crippen molar-refractivity contribution in [3.8, 4) is 11.5 Å². The highest BCUT2D eigenvalue weighted by Gasteiger charge is 2.08. The fourth-order valence-electron chi connectivity index (χ4n) is 1.07. The molecule has 2 aromatic rings. The number of nitrogens with zero attached hydrogens (tertiary/aromatic N) is 4. The lowest BCUT2D eigenvalue weighted by Crippen LogP contribution is -2.14. The maximum absolute atomic E-state index is 10.6. The van der Waals surface area contributed by atoms with E-state index in [1.807, 2.05) is 0 Å². The van der Waals surface area contributed by atoms with Crippen molar-refractivity contribution in [2.45, 2.75) is 6.42 Å². The fourth-order valence-corrected chi connectivity index (χ4v) is 1.07. The largest absolute Gasteiger partial charge is 0.369 e. The van der Waals surface area contributed by atoms with E-state index in [-0.39, 0.29) is 6.42 Å². The minimum absolute atomic E-state index is 0.0350. The van der Waals surface area contributed by atoms with E-state index in [2.05, 4.69) is 25.1 Å². The third-order valence-corrected chi connectivity index (χ3v) is 1.67. The maximum Gasteiger partial charge on any atom is 0.225 e. The van der Waals surface area contributed by atoms with Crippen LogP contribution in [-0.4, -0.2) is 31.1 Å². The molecule has 0 aromatic carbocycles. The SMILES string of the molecule is NC(=O)Cc1nc(-c2cnccn2)n[nH]1. The van der Waals surface area contributed by atoms with Gasteiger partial charge < -0.3 is 5.73 Å². The number of rotatable bonds is 3. The summed E-state index contributed by atoms with van der Waals surface area (Å²) in [6.45, 7) is 0. The molecule has 7 nitrogen and oxygen atoms in total. The number of aromatic amines is 1. The molecule has 1 amide bonds. The van der Waals surface area contributed by atoms with Gasteiger partial charge in [-0.05, 0) is 0 Å². The van der Waals surface area contributed by atoms with Gasteiger partial charge in [0.25, 0.3) is 0 Å². The molecule has 0 spiro atoms. The van der Waals surface area contributed by atoms with E-state index in [0.29, 0.717) is 17.3 Å². The number of amides is 1. The summed E-state index contributed by atoms with van der Waals surface area (Å²) in [5, 5.41) is 6.50. The van der Waals surface area contributed by atoms with Crippen LogP contribution < -0.4 is 5.73 Å². The van der Waals surface area contributed by atoms with Gasteiger partial charge in [0.1, 0.15) is 11.5 Å². The van der Waals surface area contributed by atoms with Gasteiger partial charge in [-0.25, -0.2) is 9.97 Å². The Bertz CT molecular complexity index is 465. The molecule has 0 saturated heterocycles. The van der Waals surface area contributed by atoms with E-state index in [1.165, 1.54) is 6.20 Å². The van der Waals surface area contributed by atoms with Gasteiger partial charge in [-0.15, -0.1) is 0 Å². The van der Waals surface area contributed by atoms with E-state index >= 15 is 0 Å². The van der Waals surface area contributed by atoms with Gasteiger partial charge in [0.15, 0.2) is 0 Å². The number of hydrogen-bond acceptors (Lipinski definition) is 5. The van der Waals surface area contributed by atoms with Gasteiger partial charge in [0, 0.05) is 12.4 Å². The molecule has 7 heteroatoms. The van der Waals surface area contributed by atoms with Crippen molar-refractivity contribution in [3.05, 3.63) is 24.4 Å². The lowest BCUT2D eigenvalue weighted by Gasteiger charge is -1.90. The number of H-pyrrole nitrogens is 1. The van der Waals surface area contributed by atoms with E-state index < -0.39 is 5.91 Å². The second-order valence-corrected chi connectivity index (χ2v) is 2.84. The van der Waals surface area contributed by atoms with Crippen LogP contribution in [0.5, 0.6) is 0 Å². The van der Waals surface area contributed by atoms with Crippen LogP contribution in [0.4, 0.5) is 0 Å². The Morgan fingerprint density at radius 3 is 3.00 bits per heavy atom. The number of carbonyl (C=O) groups excluding carboxylic acids is 1. The molecule has 0 fully saturated rings. The Labute approximate surface area is 84.8 Å². The standard InChI is InChI=1S/C8H8N6O/c9-6(15)3-7-12-8(14-13-7)5-4-10-1-2-11-5/h1-2,4H,3H2,(H2,9,15)(H,12,13,14). The van der Waals surface area contributed by atoms with Gasteiger partial charge in [-0.1, -0.05) is 0 Å². The van der Waals surface area contributed by atoms with Gasteiger partial charge >= 0.3 is 0 Å². The Balaban J connectivity index is 2.24. The second-order valence-electron chi connectivity index (χ2n) is 2.84. The number of hydrogen-bond donors (Lipinski definition) is 2. The predicted octanol–water partition coefficient (Wildman–Crippen LogP) is -0.711. The normalized spacial score (nSPS) is 10.1. The first kappa shape index (κ1) is 9.25. The van der Waals surface area contributed by atoms with Crippen LogP contribution in [0.2, 0.25) is 0 Å². The average molecular weight is 204 g/mol. The molecule has 0 aliphatic carbocycles. The lowest BCUT2D eigenvalue weighted by atomic mass is 10.4. The predicted molar refractivity (Wildman–Crippen MR) is 50.3 cm³/mol. The molecule has 0 aliphatic heterocycles. The molecule has 3 N–H and O–H groups in total. The molecular formula is C8H8N6O. The van der Waals surface area contributed by atoms with Crippen LogP contribution in [0.15, 0.2) is 18.6 Å². The molecule has 0 aliphatic rings. The first-order chi connectivity index (χ1) is 7.25. The number of primary amides is 1. The highest BCUT2D eigenvalue weighted by Crippen LogP contribution is 2.08. The van der Waals surface area contributed by atoms with Crippen molar-refractivity contribution in [2.24, 2.45) is 5.73 Å². The summed E-state index contributed by atoms with van der Waals surface area (Å²) in [6.07, 6.45) is 4.67. The van der Waals surface area contributed by atoms with Crippen LogP contribution >= 0.6 is 0 Å². The summed E-state index contributed by atoms with van der Waals surface area (Å²) >= 11 is 0. The molecule has 0 bridgehead atoms. The monoisotopic (exact) mass is 204 g/mol. The minimum atomic E-state index is -0.461. The summed E-state index contributed by atoms with van der Waals surface area (Å²) in [4.78, 5) is 22.6. The zero-order valence-corrected chi connectivity index (χ0v) is 7.71. The fraction of sp³-hybridized carbons (Fsp3) is 0.125. The van der Waals surface area contributed by atoms with Crippen molar-refractivity contribution in [3.63, 3.8) is 0 Å². The van der Waals surface area contributed by atoms with Crippen molar-refractivity contribution < 1.29 is 4.79 Å². The highest BCUT2D eigenvalue weighted by molar-refractivity contribution is 5.75. The quantitative estimate of drug-likeness (QED) is 0.686. The Morgan fingerprint density at radius 1 is 1.47 bits per heavy atom. The summed E-state index contributed by atoms with van der Waals surface area (Å²) in [6, 6.07) is 0. The average Bonchev–Trinajstić information content (AvgIpc) is 2.67. The summed E-state index contributed by atoms with van der Waals surface area (Å²) in [7, 11) is 0. The molecule has 0 unspecified atom stereocenters. The van der Waals surface area contributed by atoms with Crippen molar-refractivity contribution in [2.75, 3.05) is 0 Å². The Morgan fingerprint density at radius 2 is 2.33 bits per heavy atom. The van der Waals surface area contributed by atoms with Crippen LogP contribution in [0.1, 0.15) is 5.82 Å². The van der Waals surface area contributed by atoms with Crippen LogP contribution in [-0.2, 0) is 11.2 Å². The van der Waals surface area contributed by atoms with Gasteiger partial charge in [-0.3, -0.25) is 14.9 Å². The molecule has 0 saturated carbocycles. The van der Waals surface area contributed by atoms with Crippen LogP contribution in [0.3, 0.4) is 0 Å². The van der Waals surface area contributed by atoms with Crippen LogP contribution in [0, 0.1) is 0 Å². The molecule has 76 valence electrons. The zero-order valence-electron chi connectivity index (χ0n) is 7.71. The van der Waals surface area contributed by atoms with Gasteiger partial charge in [0.2, 0.25) is 11.7 Å². The molecule has 2 aromatic heterocycles. The first-order valence-electron chi connectivity index (χ1n) is 4.21. The zero-order chi connectivity index (χ0) is 10.7. The van der Waals surface area contributed by atoms with E-state index in [4.69, 9.17) is 5.73 Å². The summed E-state index contributed by atoms with van der Waals surface area (Å²) < 4.78 is 0. The van der Waals surface area contributed by atoms with E-state index in [1.54, 1.807) is 12.4 Å². The number of carbonyl (C=O) groups is 1. The molecule has 0 radical (unpaired) electrons. The smallest absolute Gasteiger partial charge is 0.225 e. The van der Waals surface area contributed by atoms with E-state index in [9.17, 15) is 4.79 Å². The molecular weight excluding hydrogens is 196 g/mol. The molecule has 2 rings (SSSR count).